The van der Waals surface area contributed by atoms with Gasteiger partial charge in [0, 0.05) is 0 Å². The van der Waals surface area contributed by atoms with Crippen molar-refractivity contribution in [2.75, 3.05) is 5.75 Å². The molecule has 1 rings (SSSR count). The van der Waals surface area contributed by atoms with Crippen LogP contribution in [0.5, 0.6) is 0 Å². The molecule has 5 heteroatoms. The lowest BCUT2D eigenvalue weighted by Gasteiger charge is -2.02. The second-order valence-electron chi connectivity index (χ2n) is 2.98. The maximum Gasteiger partial charge on any atom is 0.302 e. The van der Waals surface area contributed by atoms with Crippen LogP contribution in [0.25, 0.3) is 0 Å². The fourth-order valence-electron chi connectivity index (χ4n) is 1.45. The molecule has 0 aromatic rings. The molecule has 1 aliphatic carbocycles. The minimum Gasteiger partial charge on any atom is -0.247 e. The van der Waals surface area contributed by atoms with Crippen LogP contribution in [0.1, 0.15) is 19.3 Å². The lowest BCUT2D eigenvalue weighted by molar-refractivity contribution is 0.334. The van der Waals surface area contributed by atoms with E-state index in [4.69, 9.17) is 0 Å². The van der Waals surface area contributed by atoms with Crippen LogP contribution >= 0.6 is 0 Å². The SMILES string of the molecule is O=S(=O)(F)CC1CCC(F)C1. The van der Waals surface area contributed by atoms with Crippen molar-refractivity contribution >= 4 is 10.2 Å². The largest absolute Gasteiger partial charge is 0.302 e. The molecule has 2 nitrogen and oxygen atoms in total. The van der Waals surface area contributed by atoms with Gasteiger partial charge in [-0.05, 0) is 25.2 Å². The highest BCUT2D eigenvalue weighted by molar-refractivity contribution is 7.86. The highest BCUT2D eigenvalue weighted by Gasteiger charge is 2.28. The van der Waals surface area contributed by atoms with Crippen molar-refractivity contribution in [3.05, 3.63) is 0 Å². The molecule has 1 saturated carbocycles. The van der Waals surface area contributed by atoms with E-state index in [2.05, 4.69) is 0 Å². The Kier molecular flexibility index (Phi) is 2.47. The van der Waals surface area contributed by atoms with Gasteiger partial charge in [0.1, 0.15) is 6.17 Å². The minimum atomic E-state index is -4.40. The van der Waals surface area contributed by atoms with Gasteiger partial charge in [0.25, 0.3) is 0 Å². The molecule has 2 unspecified atom stereocenters. The number of hydrogen-bond acceptors (Lipinski definition) is 2. The summed E-state index contributed by atoms with van der Waals surface area (Å²) in [5, 5.41) is 0. The van der Waals surface area contributed by atoms with Crippen LogP contribution in [0, 0.1) is 5.92 Å². The van der Waals surface area contributed by atoms with Gasteiger partial charge < -0.3 is 0 Å². The van der Waals surface area contributed by atoms with E-state index in [-0.39, 0.29) is 12.3 Å². The smallest absolute Gasteiger partial charge is 0.247 e. The molecule has 1 aliphatic rings. The molecule has 66 valence electrons. The first-order valence-corrected chi connectivity index (χ1v) is 5.09. The van der Waals surface area contributed by atoms with Gasteiger partial charge in [-0.3, -0.25) is 0 Å². The average Bonchev–Trinajstić information content (AvgIpc) is 2.10. The fraction of sp³-hybridized carbons (Fsp3) is 1.00. The van der Waals surface area contributed by atoms with Gasteiger partial charge >= 0.3 is 10.2 Å². The van der Waals surface area contributed by atoms with E-state index >= 15 is 0 Å². The molecule has 0 aliphatic heterocycles. The predicted octanol–water partition coefficient (Wildman–Crippen LogP) is 1.42. The molecule has 0 bridgehead atoms. The molecular weight excluding hydrogens is 174 g/mol. The summed E-state index contributed by atoms with van der Waals surface area (Å²) in [4.78, 5) is 0. The quantitative estimate of drug-likeness (QED) is 0.608. The zero-order chi connectivity index (χ0) is 8.48. The van der Waals surface area contributed by atoms with Crippen LogP contribution in [0.3, 0.4) is 0 Å². The molecule has 0 aromatic heterocycles. The summed E-state index contributed by atoms with van der Waals surface area (Å²) in [5.74, 6) is -0.812. The van der Waals surface area contributed by atoms with Crippen LogP contribution in [0.15, 0.2) is 0 Å². The van der Waals surface area contributed by atoms with Gasteiger partial charge in [-0.25, -0.2) is 4.39 Å². The summed E-state index contributed by atoms with van der Waals surface area (Å²) in [6.45, 7) is 0. The van der Waals surface area contributed by atoms with Crippen molar-refractivity contribution < 1.29 is 16.7 Å². The van der Waals surface area contributed by atoms with Gasteiger partial charge in [0.05, 0.1) is 5.75 Å². The molecule has 0 spiro atoms. The van der Waals surface area contributed by atoms with Gasteiger partial charge in [-0.1, -0.05) is 0 Å². The predicted molar refractivity (Wildman–Crippen MR) is 37.1 cm³/mol. The Labute approximate surface area is 64.8 Å². The number of hydrogen-bond donors (Lipinski definition) is 0. The summed E-state index contributed by atoms with van der Waals surface area (Å²) in [5.41, 5.74) is 0. The third-order valence-corrected chi connectivity index (χ3v) is 2.78. The van der Waals surface area contributed by atoms with Crippen LogP contribution in [0.2, 0.25) is 0 Å². The molecular formula is C6H10F2O2S. The van der Waals surface area contributed by atoms with Crippen molar-refractivity contribution in [1.29, 1.82) is 0 Å². The van der Waals surface area contributed by atoms with Gasteiger partial charge in [0.15, 0.2) is 0 Å². The summed E-state index contributed by atoms with van der Waals surface area (Å²) >= 11 is 0. The highest BCUT2D eigenvalue weighted by atomic mass is 32.3. The molecule has 0 aromatic carbocycles. The van der Waals surface area contributed by atoms with Crippen molar-refractivity contribution in [2.45, 2.75) is 25.4 Å². The highest BCUT2D eigenvalue weighted by Crippen LogP contribution is 2.28. The first-order valence-electron chi connectivity index (χ1n) is 3.54. The van der Waals surface area contributed by atoms with Gasteiger partial charge in [-0.15, -0.1) is 3.89 Å². The second kappa shape index (κ2) is 3.05. The summed E-state index contributed by atoms with van der Waals surface area (Å²) in [6, 6.07) is 0. The first-order chi connectivity index (χ1) is 4.97. The summed E-state index contributed by atoms with van der Waals surface area (Å²) in [6.07, 6.45) is 0.134. The lowest BCUT2D eigenvalue weighted by atomic mass is 10.1. The van der Waals surface area contributed by atoms with Crippen molar-refractivity contribution in [2.24, 2.45) is 5.92 Å². The number of alkyl halides is 1. The normalized spacial score (nSPS) is 32.5. The molecule has 2 atom stereocenters. The Bertz CT molecular complexity index is 225. The molecule has 0 N–H and O–H groups in total. The van der Waals surface area contributed by atoms with E-state index in [1.165, 1.54) is 0 Å². The Morgan fingerprint density at radius 3 is 2.36 bits per heavy atom. The van der Waals surface area contributed by atoms with Crippen LogP contribution in [0.4, 0.5) is 8.28 Å². The van der Waals surface area contributed by atoms with E-state index < -0.39 is 22.1 Å². The van der Waals surface area contributed by atoms with Crippen LogP contribution in [-0.4, -0.2) is 20.3 Å². The van der Waals surface area contributed by atoms with Crippen molar-refractivity contribution in [3.8, 4) is 0 Å². The monoisotopic (exact) mass is 184 g/mol. The zero-order valence-corrected chi connectivity index (χ0v) is 6.78. The Hall–Kier alpha value is -0.190. The molecule has 11 heavy (non-hydrogen) atoms. The van der Waals surface area contributed by atoms with Gasteiger partial charge in [-0.2, -0.15) is 8.42 Å². The third kappa shape index (κ3) is 3.14. The fourth-order valence-corrected chi connectivity index (χ4v) is 2.31. The van der Waals surface area contributed by atoms with E-state index in [0.29, 0.717) is 12.8 Å². The maximum atomic E-state index is 12.4. The van der Waals surface area contributed by atoms with E-state index in [1.807, 2.05) is 0 Å². The summed E-state index contributed by atoms with van der Waals surface area (Å²) in [7, 11) is -4.40. The van der Waals surface area contributed by atoms with Crippen LogP contribution in [-0.2, 0) is 10.2 Å². The third-order valence-electron chi connectivity index (χ3n) is 1.91. The Morgan fingerprint density at radius 1 is 1.36 bits per heavy atom. The van der Waals surface area contributed by atoms with Crippen LogP contribution < -0.4 is 0 Å². The zero-order valence-electron chi connectivity index (χ0n) is 5.96. The molecule has 1 fully saturated rings. The maximum absolute atomic E-state index is 12.4. The Balaban J connectivity index is 2.41. The molecule has 0 radical (unpaired) electrons. The van der Waals surface area contributed by atoms with E-state index in [9.17, 15) is 16.7 Å². The van der Waals surface area contributed by atoms with E-state index in [1.54, 1.807) is 0 Å². The van der Waals surface area contributed by atoms with Crippen molar-refractivity contribution in [3.63, 3.8) is 0 Å². The standard InChI is InChI=1S/C6H10F2O2S/c7-6-2-1-5(3-6)4-11(8,9)10/h5-6H,1-4H2. The minimum absolute atomic E-state index is 0.198. The number of rotatable bonds is 2. The Morgan fingerprint density at radius 2 is 2.00 bits per heavy atom. The second-order valence-corrected chi connectivity index (χ2v) is 4.39. The molecule has 0 amide bonds. The van der Waals surface area contributed by atoms with Crippen molar-refractivity contribution in [1.82, 2.24) is 0 Å². The summed E-state index contributed by atoms with van der Waals surface area (Å²) < 4.78 is 44.7. The average molecular weight is 184 g/mol. The lowest BCUT2D eigenvalue weighted by Crippen LogP contribution is -2.09. The first kappa shape index (κ1) is 8.90. The molecule has 0 saturated heterocycles. The van der Waals surface area contributed by atoms with Gasteiger partial charge in [0.2, 0.25) is 0 Å². The van der Waals surface area contributed by atoms with E-state index in [0.717, 1.165) is 0 Å². The molecule has 0 heterocycles. The number of halogens is 2. The topological polar surface area (TPSA) is 34.1 Å².